The normalized spacial score (nSPS) is 10.6. The highest BCUT2D eigenvalue weighted by Gasteiger charge is 2.12. The summed E-state index contributed by atoms with van der Waals surface area (Å²) in [6.45, 7) is 1.97. The smallest absolute Gasteiger partial charge is 0.226 e. The van der Waals surface area contributed by atoms with Crippen LogP contribution in [0.4, 0.5) is 5.13 Å². The van der Waals surface area contributed by atoms with Crippen molar-refractivity contribution in [2.45, 2.75) is 19.8 Å². The first kappa shape index (κ1) is 15.3. The van der Waals surface area contributed by atoms with Gasteiger partial charge in [0.2, 0.25) is 5.91 Å². The molecular weight excluding hydrogens is 315 g/mol. The van der Waals surface area contributed by atoms with Crippen LogP contribution in [0.1, 0.15) is 17.7 Å². The van der Waals surface area contributed by atoms with E-state index < -0.39 is 0 Å². The van der Waals surface area contributed by atoms with E-state index >= 15 is 0 Å². The van der Waals surface area contributed by atoms with Crippen molar-refractivity contribution in [1.82, 2.24) is 4.98 Å². The molecule has 2 rings (SSSR count). The summed E-state index contributed by atoms with van der Waals surface area (Å²) < 4.78 is 0. The lowest BCUT2D eigenvalue weighted by Gasteiger charge is -2.00. The maximum absolute atomic E-state index is 11.7. The predicted octanol–water partition coefficient (Wildman–Crippen LogP) is 4.73. The van der Waals surface area contributed by atoms with Gasteiger partial charge in [-0.15, -0.1) is 22.9 Å². The Kier molecular flexibility index (Phi) is 5.40. The van der Waals surface area contributed by atoms with E-state index in [0.717, 1.165) is 16.1 Å². The molecule has 2 aromatic rings. The molecule has 0 unspecified atom stereocenters. The monoisotopic (exact) mass is 328 g/mol. The SMILES string of the molecule is Cc1sc(NC(=O)CCCCl)nc1-c1cccc(Cl)c1. The van der Waals surface area contributed by atoms with Gasteiger partial charge in [-0.1, -0.05) is 23.7 Å². The first-order valence-electron chi connectivity index (χ1n) is 6.19. The summed E-state index contributed by atoms with van der Waals surface area (Å²) in [7, 11) is 0. The van der Waals surface area contributed by atoms with Gasteiger partial charge in [0, 0.05) is 27.8 Å². The van der Waals surface area contributed by atoms with Crippen LogP contribution >= 0.6 is 34.5 Å². The molecular formula is C14H14Cl2N2OS. The van der Waals surface area contributed by atoms with Crippen LogP contribution in [0.3, 0.4) is 0 Å². The summed E-state index contributed by atoms with van der Waals surface area (Å²) in [5.74, 6) is 0.426. The molecule has 0 aliphatic carbocycles. The number of nitrogens with one attached hydrogen (secondary N) is 1. The number of hydrogen-bond acceptors (Lipinski definition) is 3. The van der Waals surface area contributed by atoms with Crippen molar-refractivity contribution in [2.75, 3.05) is 11.2 Å². The molecule has 1 N–H and O–H groups in total. The topological polar surface area (TPSA) is 42.0 Å². The van der Waals surface area contributed by atoms with Crippen molar-refractivity contribution < 1.29 is 4.79 Å². The second-order valence-electron chi connectivity index (χ2n) is 4.27. The van der Waals surface area contributed by atoms with Gasteiger partial charge >= 0.3 is 0 Å². The molecule has 1 aromatic carbocycles. The van der Waals surface area contributed by atoms with Crippen molar-refractivity contribution in [3.05, 3.63) is 34.2 Å². The Bertz CT molecular complexity index is 613. The number of carbonyl (C=O) groups is 1. The number of alkyl halides is 1. The average Bonchev–Trinajstić information content (AvgIpc) is 2.77. The molecule has 1 heterocycles. The molecule has 0 aliphatic heterocycles. The van der Waals surface area contributed by atoms with Gasteiger partial charge in [0.25, 0.3) is 0 Å². The Balaban J connectivity index is 2.15. The van der Waals surface area contributed by atoms with Crippen molar-refractivity contribution >= 4 is 45.6 Å². The molecule has 3 nitrogen and oxygen atoms in total. The second-order valence-corrected chi connectivity index (χ2v) is 6.29. The molecule has 1 aromatic heterocycles. The van der Waals surface area contributed by atoms with Crippen molar-refractivity contribution in [2.24, 2.45) is 0 Å². The molecule has 20 heavy (non-hydrogen) atoms. The molecule has 106 valence electrons. The number of thiazole rings is 1. The zero-order chi connectivity index (χ0) is 14.5. The minimum atomic E-state index is -0.0583. The number of benzene rings is 1. The summed E-state index contributed by atoms with van der Waals surface area (Å²) in [5, 5.41) is 4.08. The minimum Gasteiger partial charge on any atom is -0.302 e. The summed E-state index contributed by atoms with van der Waals surface area (Å²) in [5.41, 5.74) is 1.80. The number of carbonyl (C=O) groups excluding carboxylic acids is 1. The van der Waals surface area contributed by atoms with Crippen LogP contribution in [0.2, 0.25) is 5.02 Å². The van der Waals surface area contributed by atoms with E-state index in [-0.39, 0.29) is 5.91 Å². The number of rotatable bonds is 5. The van der Waals surface area contributed by atoms with Crippen LogP contribution in [-0.4, -0.2) is 16.8 Å². The maximum atomic E-state index is 11.7. The van der Waals surface area contributed by atoms with Crippen LogP contribution in [0.15, 0.2) is 24.3 Å². The van der Waals surface area contributed by atoms with Crippen LogP contribution in [0, 0.1) is 6.92 Å². The number of halogens is 2. The quantitative estimate of drug-likeness (QED) is 0.806. The predicted molar refractivity (Wildman–Crippen MR) is 85.9 cm³/mol. The minimum absolute atomic E-state index is 0.0583. The molecule has 0 fully saturated rings. The summed E-state index contributed by atoms with van der Waals surface area (Å²) >= 11 is 13.0. The zero-order valence-electron chi connectivity index (χ0n) is 11.0. The molecule has 0 bridgehead atoms. The highest BCUT2D eigenvalue weighted by molar-refractivity contribution is 7.16. The molecule has 1 amide bonds. The summed E-state index contributed by atoms with van der Waals surface area (Å²) in [4.78, 5) is 17.2. The number of amides is 1. The lowest BCUT2D eigenvalue weighted by Crippen LogP contribution is -2.10. The summed E-state index contributed by atoms with van der Waals surface area (Å²) in [6, 6.07) is 7.52. The second kappa shape index (κ2) is 7.07. The number of hydrogen-bond donors (Lipinski definition) is 1. The Morgan fingerprint density at radius 2 is 2.25 bits per heavy atom. The van der Waals surface area contributed by atoms with Gasteiger partial charge in [0.05, 0.1) is 5.69 Å². The largest absolute Gasteiger partial charge is 0.302 e. The Morgan fingerprint density at radius 1 is 1.45 bits per heavy atom. The molecule has 6 heteroatoms. The molecule has 0 atom stereocenters. The zero-order valence-corrected chi connectivity index (χ0v) is 13.3. The van der Waals surface area contributed by atoms with Crippen molar-refractivity contribution in [3.8, 4) is 11.3 Å². The maximum Gasteiger partial charge on any atom is 0.226 e. The third-order valence-electron chi connectivity index (χ3n) is 2.68. The van der Waals surface area contributed by atoms with Crippen LogP contribution in [0.5, 0.6) is 0 Å². The van der Waals surface area contributed by atoms with Crippen molar-refractivity contribution in [1.29, 1.82) is 0 Å². The van der Waals surface area contributed by atoms with Gasteiger partial charge in [-0.2, -0.15) is 0 Å². The summed E-state index contributed by atoms with van der Waals surface area (Å²) in [6.07, 6.45) is 1.08. The number of aryl methyl sites for hydroxylation is 1. The van der Waals surface area contributed by atoms with Gasteiger partial charge in [0.15, 0.2) is 5.13 Å². The van der Waals surface area contributed by atoms with Crippen LogP contribution in [0.25, 0.3) is 11.3 Å². The molecule has 0 spiro atoms. The average molecular weight is 329 g/mol. The Labute approximate surface area is 131 Å². The number of nitrogens with zero attached hydrogens (tertiary/aromatic N) is 1. The van der Waals surface area contributed by atoms with E-state index in [0.29, 0.717) is 28.9 Å². The standard InChI is InChI=1S/C14H14Cl2N2OS/c1-9-13(10-4-2-5-11(16)8-10)18-14(20-9)17-12(19)6-3-7-15/h2,4-5,8H,3,6-7H2,1H3,(H,17,18,19). The number of anilines is 1. The van der Waals surface area contributed by atoms with E-state index in [9.17, 15) is 4.79 Å². The van der Waals surface area contributed by atoms with Gasteiger partial charge < -0.3 is 5.32 Å². The number of aromatic nitrogens is 1. The highest BCUT2D eigenvalue weighted by atomic mass is 35.5. The third-order valence-corrected chi connectivity index (χ3v) is 4.07. The fourth-order valence-corrected chi connectivity index (χ4v) is 2.94. The lowest BCUT2D eigenvalue weighted by molar-refractivity contribution is -0.116. The van der Waals surface area contributed by atoms with E-state index in [1.165, 1.54) is 11.3 Å². The molecule has 0 aliphatic rings. The first-order chi connectivity index (χ1) is 9.60. The van der Waals surface area contributed by atoms with Crippen molar-refractivity contribution in [3.63, 3.8) is 0 Å². The van der Waals surface area contributed by atoms with E-state index in [1.807, 2.05) is 31.2 Å². The highest BCUT2D eigenvalue weighted by Crippen LogP contribution is 2.31. The Hall–Kier alpha value is -1.10. The molecule has 0 radical (unpaired) electrons. The van der Waals surface area contributed by atoms with E-state index in [1.54, 1.807) is 0 Å². The van der Waals surface area contributed by atoms with Gasteiger partial charge in [-0.05, 0) is 25.5 Å². The third kappa shape index (κ3) is 3.95. The fourth-order valence-electron chi connectivity index (χ4n) is 1.76. The van der Waals surface area contributed by atoms with E-state index in [4.69, 9.17) is 23.2 Å². The van der Waals surface area contributed by atoms with Gasteiger partial charge in [0.1, 0.15) is 0 Å². The molecule has 0 saturated carbocycles. The van der Waals surface area contributed by atoms with E-state index in [2.05, 4.69) is 10.3 Å². The van der Waals surface area contributed by atoms with Crippen LogP contribution < -0.4 is 5.32 Å². The lowest BCUT2D eigenvalue weighted by atomic mass is 10.1. The van der Waals surface area contributed by atoms with Crippen LogP contribution in [-0.2, 0) is 4.79 Å². The first-order valence-corrected chi connectivity index (χ1v) is 7.92. The fraction of sp³-hybridized carbons (Fsp3) is 0.286. The molecule has 0 saturated heterocycles. The van der Waals surface area contributed by atoms with Gasteiger partial charge in [-0.25, -0.2) is 4.98 Å². The van der Waals surface area contributed by atoms with Gasteiger partial charge in [-0.3, -0.25) is 4.79 Å². The Morgan fingerprint density at radius 3 is 2.95 bits per heavy atom.